The fraction of sp³-hybridized carbons (Fsp3) is 0.667. The third-order valence-corrected chi connectivity index (χ3v) is 3.76. The standard InChI is InChI=1S/C13H20.C3H6.C2H6/c1-2-13(11-7-3-4-8-11)12-9-5-6-10-12;1-3-2;1-2/h2-3,7,11-13H,1,4-6,8-10H2;3H,1H2,2H3;1-2H3. The molecule has 2 atom stereocenters. The molecule has 0 radical (unpaired) electrons. The molecule has 0 bridgehead atoms. The van der Waals surface area contributed by atoms with E-state index in [1.807, 2.05) is 20.8 Å². The minimum Gasteiger partial charge on any atom is -0.103 e. The molecule has 0 spiro atoms. The predicted molar refractivity (Wildman–Crippen MR) is 84.7 cm³/mol. The van der Waals surface area contributed by atoms with Gasteiger partial charge in [0.1, 0.15) is 0 Å². The van der Waals surface area contributed by atoms with Gasteiger partial charge in [-0.3, -0.25) is 0 Å². The molecular weight excluding hydrogens is 216 g/mol. The van der Waals surface area contributed by atoms with E-state index < -0.39 is 0 Å². The summed E-state index contributed by atoms with van der Waals surface area (Å²) in [7, 11) is 0. The maximum atomic E-state index is 4.02. The van der Waals surface area contributed by atoms with Crippen molar-refractivity contribution < 1.29 is 0 Å². The van der Waals surface area contributed by atoms with E-state index in [2.05, 4.69) is 31.4 Å². The molecule has 0 nitrogen and oxygen atoms in total. The van der Waals surface area contributed by atoms with Crippen LogP contribution in [0.5, 0.6) is 0 Å². The van der Waals surface area contributed by atoms with Crippen LogP contribution >= 0.6 is 0 Å². The third kappa shape index (κ3) is 5.71. The summed E-state index contributed by atoms with van der Waals surface area (Å²) in [6, 6.07) is 0. The van der Waals surface area contributed by atoms with Crippen LogP contribution in [0.2, 0.25) is 0 Å². The SMILES string of the molecule is C=CC.C=CC(C1C=CCC1)C1CCCC1.CC. The van der Waals surface area contributed by atoms with Crippen molar-refractivity contribution in [2.75, 3.05) is 0 Å². The maximum Gasteiger partial charge on any atom is -0.0145 e. The molecule has 104 valence electrons. The van der Waals surface area contributed by atoms with Crippen LogP contribution in [0.1, 0.15) is 59.3 Å². The fourth-order valence-corrected chi connectivity index (χ4v) is 3.04. The number of hydrogen-bond donors (Lipinski definition) is 0. The molecule has 0 amide bonds. The van der Waals surface area contributed by atoms with E-state index in [1.54, 1.807) is 6.08 Å². The van der Waals surface area contributed by atoms with Gasteiger partial charge in [0.05, 0.1) is 0 Å². The molecular formula is C18H32. The van der Waals surface area contributed by atoms with Gasteiger partial charge in [-0.1, -0.05) is 51.0 Å². The summed E-state index contributed by atoms with van der Waals surface area (Å²) in [5.41, 5.74) is 0. The molecule has 0 saturated heterocycles. The lowest BCUT2D eigenvalue weighted by molar-refractivity contribution is 0.322. The summed E-state index contributed by atoms with van der Waals surface area (Å²) in [5, 5.41) is 0. The van der Waals surface area contributed by atoms with Crippen molar-refractivity contribution in [2.24, 2.45) is 17.8 Å². The molecule has 2 rings (SSSR count). The molecule has 0 aromatic heterocycles. The van der Waals surface area contributed by atoms with E-state index in [-0.39, 0.29) is 0 Å². The van der Waals surface area contributed by atoms with Gasteiger partial charge < -0.3 is 0 Å². The minimum absolute atomic E-state index is 0.779. The summed E-state index contributed by atoms with van der Waals surface area (Å²) in [6.07, 6.45) is 17.2. The van der Waals surface area contributed by atoms with Crippen LogP contribution in [-0.2, 0) is 0 Å². The Bertz CT molecular complexity index is 230. The average Bonchev–Trinajstić information content (AvgIpc) is 3.07. The highest BCUT2D eigenvalue weighted by atomic mass is 14.3. The molecule has 2 aliphatic carbocycles. The van der Waals surface area contributed by atoms with Gasteiger partial charge in [-0.2, -0.15) is 0 Å². The Labute approximate surface area is 115 Å². The van der Waals surface area contributed by atoms with Crippen molar-refractivity contribution in [1.29, 1.82) is 0 Å². The lowest BCUT2D eigenvalue weighted by Gasteiger charge is -2.24. The zero-order chi connectivity index (χ0) is 13.8. The van der Waals surface area contributed by atoms with E-state index in [4.69, 9.17) is 0 Å². The first-order valence-electron chi connectivity index (χ1n) is 7.69. The Morgan fingerprint density at radius 2 is 1.67 bits per heavy atom. The molecule has 0 aromatic rings. The van der Waals surface area contributed by atoms with Crippen molar-refractivity contribution in [2.45, 2.75) is 59.3 Å². The quantitative estimate of drug-likeness (QED) is 0.524. The number of hydrogen-bond acceptors (Lipinski definition) is 0. The fourth-order valence-electron chi connectivity index (χ4n) is 3.04. The molecule has 2 unspecified atom stereocenters. The number of rotatable bonds is 3. The average molecular weight is 248 g/mol. The normalized spacial score (nSPS) is 23.4. The molecule has 0 aromatic carbocycles. The second kappa shape index (κ2) is 11.3. The lowest BCUT2D eigenvalue weighted by atomic mass is 9.80. The summed E-state index contributed by atoms with van der Waals surface area (Å²) >= 11 is 0. The first-order valence-corrected chi connectivity index (χ1v) is 7.69. The molecule has 0 heteroatoms. The van der Waals surface area contributed by atoms with Gasteiger partial charge in [-0.05, 0) is 50.4 Å². The zero-order valence-corrected chi connectivity index (χ0v) is 12.7. The Morgan fingerprint density at radius 3 is 2.06 bits per heavy atom. The Hall–Kier alpha value is -0.780. The van der Waals surface area contributed by atoms with Crippen LogP contribution in [0.15, 0.2) is 37.5 Å². The van der Waals surface area contributed by atoms with Gasteiger partial charge in [0.25, 0.3) is 0 Å². The highest BCUT2D eigenvalue weighted by Gasteiger charge is 2.28. The summed E-state index contributed by atoms with van der Waals surface area (Å²) in [6.45, 7) is 13.3. The van der Waals surface area contributed by atoms with Gasteiger partial charge in [-0.15, -0.1) is 13.2 Å². The van der Waals surface area contributed by atoms with E-state index >= 15 is 0 Å². The summed E-state index contributed by atoms with van der Waals surface area (Å²) in [4.78, 5) is 0. The smallest absolute Gasteiger partial charge is 0.0145 e. The number of allylic oxidation sites excluding steroid dienone is 4. The Kier molecular flexibility index (Phi) is 10.8. The van der Waals surface area contributed by atoms with E-state index in [0.717, 1.165) is 17.8 Å². The van der Waals surface area contributed by atoms with Crippen LogP contribution in [0.4, 0.5) is 0 Å². The van der Waals surface area contributed by atoms with E-state index in [1.165, 1.54) is 38.5 Å². The van der Waals surface area contributed by atoms with Crippen molar-refractivity contribution in [3.63, 3.8) is 0 Å². The highest BCUT2D eigenvalue weighted by molar-refractivity contribution is 5.04. The van der Waals surface area contributed by atoms with Gasteiger partial charge in [0.2, 0.25) is 0 Å². The van der Waals surface area contributed by atoms with Crippen molar-refractivity contribution >= 4 is 0 Å². The first kappa shape index (κ1) is 17.2. The zero-order valence-electron chi connectivity index (χ0n) is 12.7. The van der Waals surface area contributed by atoms with Crippen molar-refractivity contribution in [3.05, 3.63) is 37.5 Å². The van der Waals surface area contributed by atoms with Crippen LogP contribution < -0.4 is 0 Å². The van der Waals surface area contributed by atoms with Gasteiger partial charge in [0.15, 0.2) is 0 Å². The molecule has 0 aliphatic heterocycles. The maximum absolute atomic E-state index is 4.02. The largest absolute Gasteiger partial charge is 0.103 e. The van der Waals surface area contributed by atoms with Gasteiger partial charge in [-0.25, -0.2) is 0 Å². The van der Waals surface area contributed by atoms with E-state index in [9.17, 15) is 0 Å². The molecule has 0 N–H and O–H groups in total. The molecule has 0 heterocycles. The second-order valence-corrected chi connectivity index (χ2v) is 4.94. The molecule has 18 heavy (non-hydrogen) atoms. The summed E-state index contributed by atoms with van der Waals surface area (Å²) in [5.74, 6) is 2.55. The van der Waals surface area contributed by atoms with Gasteiger partial charge >= 0.3 is 0 Å². The van der Waals surface area contributed by atoms with Crippen LogP contribution in [0, 0.1) is 17.8 Å². The second-order valence-electron chi connectivity index (χ2n) is 4.94. The van der Waals surface area contributed by atoms with Crippen LogP contribution in [0.25, 0.3) is 0 Å². The Balaban J connectivity index is 0.000000509. The first-order chi connectivity index (χ1) is 8.83. The monoisotopic (exact) mass is 248 g/mol. The predicted octanol–water partition coefficient (Wildman–Crippen LogP) is 6.16. The van der Waals surface area contributed by atoms with Crippen LogP contribution in [0.3, 0.4) is 0 Å². The minimum atomic E-state index is 0.779. The van der Waals surface area contributed by atoms with Gasteiger partial charge in [0, 0.05) is 0 Å². The third-order valence-electron chi connectivity index (χ3n) is 3.76. The van der Waals surface area contributed by atoms with Crippen LogP contribution in [-0.4, -0.2) is 0 Å². The van der Waals surface area contributed by atoms with Crippen molar-refractivity contribution in [3.8, 4) is 0 Å². The lowest BCUT2D eigenvalue weighted by Crippen LogP contribution is -2.16. The topological polar surface area (TPSA) is 0 Å². The van der Waals surface area contributed by atoms with Crippen molar-refractivity contribution in [1.82, 2.24) is 0 Å². The Morgan fingerprint density at radius 1 is 1.11 bits per heavy atom. The highest BCUT2D eigenvalue weighted by Crippen LogP contribution is 2.39. The summed E-state index contributed by atoms with van der Waals surface area (Å²) < 4.78 is 0. The molecule has 2 aliphatic rings. The molecule has 1 fully saturated rings. The van der Waals surface area contributed by atoms with E-state index in [0.29, 0.717) is 0 Å². The molecule has 1 saturated carbocycles.